The van der Waals surface area contributed by atoms with Gasteiger partial charge in [-0.15, -0.1) is 0 Å². The van der Waals surface area contributed by atoms with Crippen molar-refractivity contribution in [2.24, 2.45) is 0 Å². The van der Waals surface area contributed by atoms with Gasteiger partial charge in [-0.05, 0) is 29.9 Å². The third-order valence-corrected chi connectivity index (χ3v) is 4.40. The highest BCUT2D eigenvalue weighted by atomic mass is 15.2. The van der Waals surface area contributed by atoms with E-state index < -0.39 is 0 Å². The molecule has 1 aliphatic rings. The highest BCUT2D eigenvalue weighted by Gasteiger charge is 2.16. The van der Waals surface area contributed by atoms with Gasteiger partial charge in [-0.2, -0.15) is 0 Å². The Kier molecular flexibility index (Phi) is 4.28. The van der Waals surface area contributed by atoms with Gasteiger partial charge in [-0.3, -0.25) is 0 Å². The summed E-state index contributed by atoms with van der Waals surface area (Å²) < 4.78 is 2.21. The molecule has 1 aliphatic carbocycles. The first-order chi connectivity index (χ1) is 10.2. The smallest absolute Gasteiger partial charge is 0.203 e. The van der Waals surface area contributed by atoms with Crippen molar-refractivity contribution in [3.8, 4) is 0 Å². The van der Waals surface area contributed by atoms with E-state index >= 15 is 0 Å². The van der Waals surface area contributed by atoms with E-state index in [0.717, 1.165) is 12.5 Å². The second-order valence-electron chi connectivity index (χ2n) is 6.40. The van der Waals surface area contributed by atoms with E-state index in [0.29, 0.717) is 12.0 Å². The largest absolute Gasteiger partial charge is 0.353 e. The Morgan fingerprint density at radius 3 is 2.57 bits per heavy atom. The summed E-state index contributed by atoms with van der Waals surface area (Å²) in [6.45, 7) is 5.34. The lowest BCUT2D eigenvalue weighted by Gasteiger charge is -2.15. The van der Waals surface area contributed by atoms with Crippen molar-refractivity contribution in [1.82, 2.24) is 9.55 Å². The molecule has 0 radical (unpaired) electrons. The molecule has 0 spiro atoms. The molecule has 0 amide bonds. The highest BCUT2D eigenvalue weighted by molar-refractivity contribution is 5.31. The van der Waals surface area contributed by atoms with Gasteiger partial charge in [0.05, 0.1) is 6.54 Å². The Labute approximate surface area is 127 Å². The Hall–Kier alpha value is -1.77. The lowest BCUT2D eigenvalue weighted by molar-refractivity contribution is 0.716. The Balaban J connectivity index is 1.68. The van der Waals surface area contributed by atoms with Crippen LogP contribution >= 0.6 is 0 Å². The van der Waals surface area contributed by atoms with E-state index in [9.17, 15) is 0 Å². The van der Waals surface area contributed by atoms with Gasteiger partial charge < -0.3 is 9.88 Å². The molecule has 3 rings (SSSR count). The topological polar surface area (TPSA) is 29.9 Å². The molecule has 1 fully saturated rings. The minimum atomic E-state index is 0.590. The van der Waals surface area contributed by atoms with Crippen molar-refractivity contribution in [3.63, 3.8) is 0 Å². The molecule has 0 bridgehead atoms. The van der Waals surface area contributed by atoms with Crippen LogP contribution in [0.15, 0.2) is 36.7 Å². The number of anilines is 1. The molecule has 3 heteroatoms. The molecule has 0 aliphatic heterocycles. The van der Waals surface area contributed by atoms with E-state index in [1.54, 1.807) is 0 Å². The van der Waals surface area contributed by atoms with Crippen LogP contribution in [0, 0.1) is 0 Å². The standard InChI is InChI=1S/C18H25N3/c1-14(2)16-9-7-15(8-10-16)13-21-12-11-19-18(21)20-17-5-3-4-6-17/h7-12,14,17H,3-6,13H2,1-2H3,(H,19,20). The maximum absolute atomic E-state index is 4.47. The summed E-state index contributed by atoms with van der Waals surface area (Å²) in [4.78, 5) is 4.47. The van der Waals surface area contributed by atoms with Crippen molar-refractivity contribution < 1.29 is 0 Å². The summed E-state index contributed by atoms with van der Waals surface area (Å²) in [6, 6.07) is 9.54. The lowest BCUT2D eigenvalue weighted by atomic mass is 10.0. The van der Waals surface area contributed by atoms with Gasteiger partial charge in [-0.1, -0.05) is 51.0 Å². The fourth-order valence-electron chi connectivity index (χ4n) is 3.03. The van der Waals surface area contributed by atoms with Crippen molar-refractivity contribution in [2.75, 3.05) is 5.32 Å². The predicted octanol–water partition coefficient (Wildman–Crippen LogP) is 4.41. The average Bonchev–Trinajstić information content (AvgIpc) is 3.13. The van der Waals surface area contributed by atoms with Crippen LogP contribution < -0.4 is 5.32 Å². The van der Waals surface area contributed by atoms with E-state index in [1.807, 2.05) is 6.20 Å². The molecular weight excluding hydrogens is 258 g/mol. The zero-order valence-corrected chi connectivity index (χ0v) is 13.0. The first-order valence-electron chi connectivity index (χ1n) is 8.09. The number of nitrogens with zero attached hydrogens (tertiary/aromatic N) is 2. The van der Waals surface area contributed by atoms with Gasteiger partial charge in [0.15, 0.2) is 0 Å². The van der Waals surface area contributed by atoms with Crippen molar-refractivity contribution in [2.45, 2.75) is 58.0 Å². The van der Waals surface area contributed by atoms with Crippen LogP contribution in [-0.4, -0.2) is 15.6 Å². The molecule has 0 atom stereocenters. The minimum absolute atomic E-state index is 0.590. The third kappa shape index (κ3) is 3.46. The van der Waals surface area contributed by atoms with E-state index in [2.05, 4.69) is 59.2 Å². The third-order valence-electron chi connectivity index (χ3n) is 4.40. The number of aromatic nitrogens is 2. The van der Waals surface area contributed by atoms with Gasteiger partial charge in [0.25, 0.3) is 0 Å². The fraction of sp³-hybridized carbons (Fsp3) is 0.500. The first kappa shape index (κ1) is 14.2. The second kappa shape index (κ2) is 6.33. The highest BCUT2D eigenvalue weighted by Crippen LogP contribution is 2.22. The molecule has 21 heavy (non-hydrogen) atoms. The van der Waals surface area contributed by atoms with Crippen LogP contribution in [0.2, 0.25) is 0 Å². The molecule has 112 valence electrons. The number of nitrogens with one attached hydrogen (secondary N) is 1. The quantitative estimate of drug-likeness (QED) is 0.881. The molecule has 1 heterocycles. The van der Waals surface area contributed by atoms with Crippen LogP contribution in [0.5, 0.6) is 0 Å². The second-order valence-corrected chi connectivity index (χ2v) is 6.40. The van der Waals surface area contributed by atoms with E-state index in [4.69, 9.17) is 0 Å². The SMILES string of the molecule is CC(C)c1ccc(Cn2ccnc2NC2CCCC2)cc1. The normalized spacial score (nSPS) is 15.8. The molecular formula is C18H25N3. The van der Waals surface area contributed by atoms with Crippen molar-refractivity contribution >= 4 is 5.95 Å². The van der Waals surface area contributed by atoms with Gasteiger partial charge >= 0.3 is 0 Å². The molecule has 0 unspecified atom stereocenters. The maximum atomic E-state index is 4.47. The Morgan fingerprint density at radius 2 is 1.90 bits per heavy atom. The van der Waals surface area contributed by atoms with Gasteiger partial charge in [0.2, 0.25) is 5.95 Å². The fourth-order valence-corrected chi connectivity index (χ4v) is 3.03. The van der Waals surface area contributed by atoms with E-state index in [1.165, 1.54) is 36.8 Å². The molecule has 1 aromatic carbocycles. The molecule has 2 aromatic rings. The average molecular weight is 283 g/mol. The zero-order chi connectivity index (χ0) is 14.7. The molecule has 1 aromatic heterocycles. The van der Waals surface area contributed by atoms with Crippen LogP contribution in [0.4, 0.5) is 5.95 Å². The molecule has 1 N–H and O–H groups in total. The Bertz CT molecular complexity index is 562. The summed E-state index contributed by atoms with van der Waals surface area (Å²) in [6.07, 6.45) is 9.18. The summed E-state index contributed by atoms with van der Waals surface area (Å²) in [5, 5.41) is 3.59. The number of imidazole rings is 1. The summed E-state index contributed by atoms with van der Waals surface area (Å²) in [7, 11) is 0. The summed E-state index contributed by atoms with van der Waals surface area (Å²) in [5.74, 6) is 1.60. The van der Waals surface area contributed by atoms with Crippen molar-refractivity contribution in [1.29, 1.82) is 0 Å². The van der Waals surface area contributed by atoms with Crippen LogP contribution in [0.25, 0.3) is 0 Å². The lowest BCUT2D eigenvalue weighted by Crippen LogP contribution is -2.18. The zero-order valence-electron chi connectivity index (χ0n) is 13.0. The molecule has 0 saturated heterocycles. The van der Waals surface area contributed by atoms with Crippen LogP contribution in [0.3, 0.4) is 0 Å². The maximum Gasteiger partial charge on any atom is 0.203 e. The van der Waals surface area contributed by atoms with Gasteiger partial charge in [0, 0.05) is 18.4 Å². The summed E-state index contributed by atoms with van der Waals surface area (Å²) >= 11 is 0. The minimum Gasteiger partial charge on any atom is -0.353 e. The van der Waals surface area contributed by atoms with E-state index in [-0.39, 0.29) is 0 Å². The van der Waals surface area contributed by atoms with Crippen molar-refractivity contribution in [3.05, 3.63) is 47.8 Å². The van der Waals surface area contributed by atoms with Gasteiger partial charge in [-0.25, -0.2) is 4.98 Å². The number of rotatable bonds is 5. The molecule has 3 nitrogen and oxygen atoms in total. The number of benzene rings is 1. The molecule has 1 saturated carbocycles. The summed E-state index contributed by atoms with van der Waals surface area (Å²) in [5.41, 5.74) is 2.72. The van der Waals surface area contributed by atoms with Crippen LogP contribution in [0.1, 0.15) is 56.6 Å². The van der Waals surface area contributed by atoms with Crippen LogP contribution in [-0.2, 0) is 6.54 Å². The predicted molar refractivity (Wildman–Crippen MR) is 87.7 cm³/mol. The Morgan fingerprint density at radius 1 is 1.19 bits per heavy atom. The first-order valence-corrected chi connectivity index (χ1v) is 8.09. The number of hydrogen-bond donors (Lipinski definition) is 1. The number of hydrogen-bond acceptors (Lipinski definition) is 2. The van der Waals surface area contributed by atoms with Gasteiger partial charge in [0.1, 0.15) is 0 Å². The monoisotopic (exact) mass is 283 g/mol.